The van der Waals surface area contributed by atoms with Gasteiger partial charge in [-0.2, -0.15) is 0 Å². The molecule has 2 heterocycles. The first-order valence-corrected chi connectivity index (χ1v) is 4.14. The van der Waals surface area contributed by atoms with Gasteiger partial charge in [0.15, 0.2) is 0 Å². The molecule has 0 bridgehead atoms. The van der Waals surface area contributed by atoms with Crippen molar-refractivity contribution in [3.63, 3.8) is 0 Å². The van der Waals surface area contributed by atoms with Crippen LogP contribution < -0.4 is 5.32 Å². The second-order valence-electron chi connectivity index (χ2n) is 3.24. The molecule has 1 aliphatic heterocycles. The molecule has 0 radical (unpaired) electrons. The van der Waals surface area contributed by atoms with E-state index in [-0.39, 0.29) is 5.91 Å². The van der Waals surface area contributed by atoms with E-state index in [2.05, 4.69) is 5.32 Å². The number of nitrogens with zero attached hydrogens (tertiary/aromatic N) is 1. The monoisotopic (exact) mass is 164 g/mol. The van der Waals surface area contributed by atoms with E-state index in [0.29, 0.717) is 0 Å². The summed E-state index contributed by atoms with van der Waals surface area (Å²) < 4.78 is 2.03. The van der Waals surface area contributed by atoms with Gasteiger partial charge in [-0.3, -0.25) is 4.79 Å². The molecule has 0 saturated heterocycles. The molecule has 0 fully saturated rings. The van der Waals surface area contributed by atoms with Crippen LogP contribution in [0.1, 0.15) is 21.6 Å². The Morgan fingerprint density at radius 3 is 2.92 bits per heavy atom. The number of rotatable bonds is 0. The summed E-state index contributed by atoms with van der Waals surface area (Å²) >= 11 is 0. The van der Waals surface area contributed by atoms with Crippen LogP contribution in [-0.4, -0.2) is 17.0 Å². The lowest BCUT2D eigenvalue weighted by molar-refractivity contribution is 0.0927. The first-order valence-electron chi connectivity index (χ1n) is 4.14. The zero-order chi connectivity index (χ0) is 8.72. The quantitative estimate of drug-likeness (QED) is 0.606. The van der Waals surface area contributed by atoms with Gasteiger partial charge in [0.05, 0.1) is 0 Å². The van der Waals surface area contributed by atoms with E-state index in [0.717, 1.165) is 24.3 Å². The lowest BCUT2D eigenvalue weighted by atomic mass is 10.2. The maximum Gasteiger partial charge on any atom is 0.268 e. The van der Waals surface area contributed by atoms with Gasteiger partial charge in [0, 0.05) is 19.3 Å². The molecule has 0 spiro atoms. The van der Waals surface area contributed by atoms with Crippen LogP contribution >= 0.6 is 0 Å². The Morgan fingerprint density at radius 2 is 2.25 bits per heavy atom. The van der Waals surface area contributed by atoms with Crippen LogP contribution in [0.25, 0.3) is 0 Å². The summed E-state index contributed by atoms with van der Waals surface area (Å²) in [5.74, 6) is 0.0619. The van der Waals surface area contributed by atoms with E-state index in [1.165, 1.54) is 5.56 Å². The standard InChI is InChI=1S/C9H12N2O/c1-6-5-11-4-3-10-9(12)8(11)7(6)2/h5H,3-4H2,1-2H3,(H,10,12). The summed E-state index contributed by atoms with van der Waals surface area (Å²) in [6, 6.07) is 0. The maximum absolute atomic E-state index is 11.4. The fraction of sp³-hybridized carbons (Fsp3) is 0.444. The highest BCUT2D eigenvalue weighted by molar-refractivity contribution is 5.95. The third-order valence-corrected chi connectivity index (χ3v) is 2.44. The number of hydrogen-bond acceptors (Lipinski definition) is 1. The minimum atomic E-state index is 0.0619. The summed E-state index contributed by atoms with van der Waals surface area (Å²) in [7, 11) is 0. The number of carbonyl (C=O) groups excluding carboxylic acids is 1. The highest BCUT2D eigenvalue weighted by Gasteiger charge is 2.19. The van der Waals surface area contributed by atoms with E-state index in [1.54, 1.807) is 0 Å². The highest BCUT2D eigenvalue weighted by Crippen LogP contribution is 2.17. The molecule has 0 aliphatic carbocycles. The largest absolute Gasteiger partial charge is 0.349 e. The normalized spacial score (nSPS) is 15.7. The topological polar surface area (TPSA) is 34.0 Å². The Kier molecular flexibility index (Phi) is 1.46. The zero-order valence-electron chi connectivity index (χ0n) is 7.35. The van der Waals surface area contributed by atoms with Crippen molar-refractivity contribution in [2.75, 3.05) is 6.54 Å². The Labute approximate surface area is 71.4 Å². The average Bonchev–Trinajstić information content (AvgIpc) is 2.29. The highest BCUT2D eigenvalue weighted by atomic mass is 16.2. The summed E-state index contributed by atoms with van der Waals surface area (Å²) in [5.41, 5.74) is 3.13. The van der Waals surface area contributed by atoms with Crippen LogP contribution in [0.3, 0.4) is 0 Å². The van der Waals surface area contributed by atoms with E-state index in [4.69, 9.17) is 0 Å². The molecule has 1 aromatic rings. The predicted molar refractivity (Wildman–Crippen MR) is 46.2 cm³/mol. The van der Waals surface area contributed by atoms with Crippen molar-refractivity contribution in [3.8, 4) is 0 Å². The second-order valence-corrected chi connectivity index (χ2v) is 3.24. The summed E-state index contributed by atoms with van der Waals surface area (Å²) in [6.07, 6.45) is 2.05. The molecule has 64 valence electrons. The van der Waals surface area contributed by atoms with Crippen LogP contribution in [0.4, 0.5) is 0 Å². The van der Waals surface area contributed by atoms with Gasteiger partial charge in [-0.1, -0.05) is 0 Å². The number of fused-ring (bicyclic) bond motifs is 1. The molecule has 0 atom stereocenters. The Morgan fingerprint density at radius 1 is 1.50 bits per heavy atom. The van der Waals surface area contributed by atoms with Gasteiger partial charge >= 0.3 is 0 Å². The Bertz CT molecular complexity index is 339. The molecule has 2 rings (SSSR count). The fourth-order valence-electron chi connectivity index (χ4n) is 1.65. The molecule has 3 nitrogen and oxygen atoms in total. The third-order valence-electron chi connectivity index (χ3n) is 2.44. The zero-order valence-corrected chi connectivity index (χ0v) is 7.35. The molecular formula is C9H12N2O. The van der Waals surface area contributed by atoms with Crippen molar-refractivity contribution in [1.82, 2.24) is 9.88 Å². The maximum atomic E-state index is 11.4. The predicted octanol–water partition coefficient (Wildman–Crippen LogP) is 0.848. The first kappa shape index (κ1) is 7.40. The minimum absolute atomic E-state index is 0.0619. The molecule has 1 amide bonds. The van der Waals surface area contributed by atoms with Gasteiger partial charge in [-0.05, 0) is 25.0 Å². The van der Waals surface area contributed by atoms with Crippen molar-refractivity contribution in [2.24, 2.45) is 0 Å². The van der Waals surface area contributed by atoms with E-state index in [9.17, 15) is 4.79 Å². The van der Waals surface area contributed by atoms with Crippen molar-refractivity contribution in [2.45, 2.75) is 20.4 Å². The molecule has 1 aromatic heterocycles. The average molecular weight is 164 g/mol. The lowest BCUT2D eigenvalue weighted by Gasteiger charge is -2.16. The number of nitrogens with one attached hydrogen (secondary N) is 1. The van der Waals surface area contributed by atoms with Crippen LogP contribution in [0, 0.1) is 13.8 Å². The van der Waals surface area contributed by atoms with Crippen molar-refractivity contribution >= 4 is 5.91 Å². The fourth-order valence-corrected chi connectivity index (χ4v) is 1.65. The van der Waals surface area contributed by atoms with Crippen molar-refractivity contribution in [1.29, 1.82) is 0 Å². The number of amides is 1. The first-order chi connectivity index (χ1) is 5.70. The molecule has 0 unspecified atom stereocenters. The summed E-state index contributed by atoms with van der Waals surface area (Å²) in [4.78, 5) is 11.4. The second kappa shape index (κ2) is 2.37. The van der Waals surface area contributed by atoms with Crippen LogP contribution in [0.2, 0.25) is 0 Å². The van der Waals surface area contributed by atoms with Crippen LogP contribution in [0.5, 0.6) is 0 Å². The van der Waals surface area contributed by atoms with Crippen LogP contribution in [-0.2, 0) is 6.54 Å². The third kappa shape index (κ3) is 0.858. The molecule has 3 heteroatoms. The van der Waals surface area contributed by atoms with Gasteiger partial charge in [-0.25, -0.2) is 0 Å². The molecule has 0 aromatic carbocycles. The molecule has 12 heavy (non-hydrogen) atoms. The van der Waals surface area contributed by atoms with Gasteiger partial charge in [0.2, 0.25) is 0 Å². The van der Waals surface area contributed by atoms with Crippen molar-refractivity contribution in [3.05, 3.63) is 23.0 Å². The SMILES string of the molecule is Cc1cn2c(c1C)C(=O)NCC2. The van der Waals surface area contributed by atoms with E-state index in [1.807, 2.05) is 24.6 Å². The number of aryl methyl sites for hydroxylation is 1. The van der Waals surface area contributed by atoms with Crippen LogP contribution in [0.15, 0.2) is 6.20 Å². The molecule has 1 N–H and O–H groups in total. The summed E-state index contributed by atoms with van der Waals surface area (Å²) in [5, 5.41) is 2.83. The van der Waals surface area contributed by atoms with E-state index < -0.39 is 0 Å². The van der Waals surface area contributed by atoms with Gasteiger partial charge in [-0.15, -0.1) is 0 Å². The van der Waals surface area contributed by atoms with E-state index >= 15 is 0 Å². The van der Waals surface area contributed by atoms with Gasteiger partial charge in [0.1, 0.15) is 5.69 Å². The Hall–Kier alpha value is -1.25. The lowest BCUT2D eigenvalue weighted by Crippen LogP contribution is -2.35. The minimum Gasteiger partial charge on any atom is -0.349 e. The number of carbonyl (C=O) groups is 1. The molecule has 0 saturated carbocycles. The Balaban J connectivity index is 2.61. The van der Waals surface area contributed by atoms with Gasteiger partial charge in [0.25, 0.3) is 5.91 Å². The number of hydrogen-bond donors (Lipinski definition) is 1. The number of aromatic nitrogens is 1. The molecule has 1 aliphatic rings. The summed E-state index contributed by atoms with van der Waals surface area (Å²) in [6.45, 7) is 5.68. The van der Waals surface area contributed by atoms with Crippen molar-refractivity contribution < 1.29 is 4.79 Å². The molecular weight excluding hydrogens is 152 g/mol. The smallest absolute Gasteiger partial charge is 0.268 e. The van der Waals surface area contributed by atoms with Gasteiger partial charge < -0.3 is 9.88 Å².